The van der Waals surface area contributed by atoms with Crippen LogP contribution in [0.25, 0.3) is 0 Å². The summed E-state index contributed by atoms with van der Waals surface area (Å²) in [5.74, 6) is -0.407. The summed E-state index contributed by atoms with van der Waals surface area (Å²) in [6.07, 6.45) is 0.570. The summed E-state index contributed by atoms with van der Waals surface area (Å²) in [7, 11) is 0. The van der Waals surface area contributed by atoms with Crippen LogP contribution in [0.2, 0.25) is 5.02 Å². The lowest BCUT2D eigenvalue weighted by molar-refractivity contribution is 0.622. The molecule has 0 aliphatic rings. The van der Waals surface area contributed by atoms with Gasteiger partial charge in [-0.1, -0.05) is 33.6 Å². The zero-order chi connectivity index (χ0) is 14.0. The normalized spacial score (nSPS) is 12.5. The highest BCUT2D eigenvalue weighted by Crippen LogP contribution is 2.26. The minimum Gasteiger partial charge on any atom is -0.324 e. The first kappa shape index (κ1) is 15.2. The average Bonchev–Trinajstić information content (AvgIpc) is 2.36. The van der Waals surface area contributed by atoms with Gasteiger partial charge in [0, 0.05) is 14.1 Å². The molecule has 2 aromatic carbocycles. The zero-order valence-corrected chi connectivity index (χ0v) is 14.3. The molecule has 2 aromatic rings. The molecule has 0 heterocycles. The Bertz CT molecular complexity index is 606. The molecule has 0 aliphatic heterocycles. The molecule has 0 saturated heterocycles. The van der Waals surface area contributed by atoms with Crippen LogP contribution in [0.15, 0.2) is 40.9 Å². The average molecular weight is 455 g/mol. The van der Waals surface area contributed by atoms with Crippen molar-refractivity contribution in [1.82, 2.24) is 0 Å². The van der Waals surface area contributed by atoms with Crippen LogP contribution in [0.1, 0.15) is 17.2 Å². The molecule has 0 amide bonds. The van der Waals surface area contributed by atoms with Gasteiger partial charge in [-0.05, 0) is 70.5 Å². The van der Waals surface area contributed by atoms with Gasteiger partial charge in [0.1, 0.15) is 5.82 Å². The topological polar surface area (TPSA) is 26.0 Å². The van der Waals surface area contributed by atoms with E-state index in [2.05, 4.69) is 38.5 Å². The molecule has 2 rings (SSSR count). The van der Waals surface area contributed by atoms with E-state index in [-0.39, 0.29) is 11.1 Å². The van der Waals surface area contributed by atoms with Crippen molar-refractivity contribution >= 4 is 50.1 Å². The van der Waals surface area contributed by atoms with Gasteiger partial charge in [-0.2, -0.15) is 0 Å². The van der Waals surface area contributed by atoms with Crippen molar-refractivity contribution in [2.75, 3.05) is 0 Å². The van der Waals surface area contributed by atoms with Crippen LogP contribution >= 0.6 is 50.1 Å². The first-order valence-corrected chi connectivity index (χ1v) is 7.87. The molecule has 2 N–H and O–H groups in total. The second-order valence-corrected chi connectivity index (χ2v) is 6.71. The zero-order valence-electron chi connectivity index (χ0n) is 9.84. The van der Waals surface area contributed by atoms with E-state index in [1.54, 1.807) is 12.1 Å². The van der Waals surface area contributed by atoms with Crippen molar-refractivity contribution in [2.24, 2.45) is 5.73 Å². The number of nitrogens with two attached hydrogens (primary N) is 1. The molecule has 1 nitrogen and oxygen atoms in total. The molecule has 0 saturated carbocycles. The molecule has 0 bridgehead atoms. The van der Waals surface area contributed by atoms with E-state index in [9.17, 15) is 4.39 Å². The number of benzene rings is 2. The molecular formula is C14H11BrClFIN. The minimum atomic E-state index is -0.407. The third-order valence-corrected chi connectivity index (χ3v) is 4.58. The molecule has 0 aromatic heterocycles. The maximum Gasteiger partial charge on any atom is 0.142 e. The van der Waals surface area contributed by atoms with Gasteiger partial charge in [-0.15, -0.1) is 0 Å². The molecular weight excluding hydrogens is 443 g/mol. The number of hydrogen-bond donors (Lipinski definition) is 1. The smallest absolute Gasteiger partial charge is 0.142 e. The molecule has 19 heavy (non-hydrogen) atoms. The molecule has 0 fully saturated rings. The molecule has 1 unspecified atom stereocenters. The lowest BCUT2D eigenvalue weighted by atomic mass is 10.00. The predicted octanol–water partition coefficient (Wildman–Crippen LogP) is 5.09. The maximum atomic E-state index is 13.4. The van der Waals surface area contributed by atoms with Crippen molar-refractivity contribution in [3.63, 3.8) is 0 Å². The maximum absolute atomic E-state index is 13.4. The van der Waals surface area contributed by atoms with E-state index in [4.69, 9.17) is 17.3 Å². The van der Waals surface area contributed by atoms with Gasteiger partial charge in [-0.3, -0.25) is 0 Å². The van der Waals surface area contributed by atoms with E-state index in [0.29, 0.717) is 6.42 Å². The fourth-order valence-electron chi connectivity index (χ4n) is 1.83. The Hall–Kier alpha value is -0.170. The van der Waals surface area contributed by atoms with Gasteiger partial charge in [-0.25, -0.2) is 4.39 Å². The lowest BCUT2D eigenvalue weighted by Gasteiger charge is -2.15. The van der Waals surface area contributed by atoms with Crippen LogP contribution in [0.4, 0.5) is 4.39 Å². The first-order valence-electron chi connectivity index (χ1n) is 5.62. The van der Waals surface area contributed by atoms with Crippen molar-refractivity contribution < 1.29 is 4.39 Å². The van der Waals surface area contributed by atoms with E-state index >= 15 is 0 Å². The highest BCUT2D eigenvalue weighted by atomic mass is 127. The van der Waals surface area contributed by atoms with Crippen LogP contribution in [-0.2, 0) is 6.42 Å². The third kappa shape index (κ3) is 3.90. The Labute approximate surface area is 138 Å². The van der Waals surface area contributed by atoms with Crippen LogP contribution in [-0.4, -0.2) is 0 Å². The highest BCUT2D eigenvalue weighted by Gasteiger charge is 2.12. The highest BCUT2D eigenvalue weighted by molar-refractivity contribution is 14.1. The van der Waals surface area contributed by atoms with Crippen molar-refractivity contribution in [3.05, 3.63) is 66.4 Å². The SMILES string of the molecule is NC(Cc1ccc(Cl)c(F)c1)c1cc(Br)ccc1I. The standard InChI is InChI=1S/C14H11BrClFIN/c15-9-2-4-13(18)10(7-9)14(19)6-8-1-3-11(16)12(17)5-8/h1-5,7,14H,6,19H2. The van der Waals surface area contributed by atoms with Gasteiger partial charge in [0.05, 0.1) is 5.02 Å². The lowest BCUT2D eigenvalue weighted by Crippen LogP contribution is -2.15. The fourth-order valence-corrected chi connectivity index (χ4v) is 3.06. The van der Waals surface area contributed by atoms with Gasteiger partial charge in [0.2, 0.25) is 0 Å². The molecule has 100 valence electrons. The van der Waals surface area contributed by atoms with E-state index in [1.807, 2.05) is 18.2 Å². The Morgan fingerprint density at radius 3 is 2.68 bits per heavy atom. The number of rotatable bonds is 3. The summed E-state index contributed by atoms with van der Waals surface area (Å²) in [4.78, 5) is 0. The predicted molar refractivity (Wildman–Crippen MR) is 88.9 cm³/mol. The van der Waals surface area contributed by atoms with Crippen LogP contribution < -0.4 is 5.73 Å². The largest absolute Gasteiger partial charge is 0.324 e. The summed E-state index contributed by atoms with van der Waals surface area (Å²) in [6.45, 7) is 0. The van der Waals surface area contributed by atoms with Crippen LogP contribution in [0.5, 0.6) is 0 Å². The quantitative estimate of drug-likeness (QED) is 0.643. The van der Waals surface area contributed by atoms with Crippen molar-refractivity contribution in [1.29, 1.82) is 0 Å². The number of halogens is 4. The Balaban J connectivity index is 2.22. The Morgan fingerprint density at radius 2 is 2.00 bits per heavy atom. The van der Waals surface area contributed by atoms with Gasteiger partial charge >= 0.3 is 0 Å². The van der Waals surface area contributed by atoms with E-state index < -0.39 is 5.82 Å². The summed E-state index contributed by atoms with van der Waals surface area (Å²) >= 11 is 11.4. The van der Waals surface area contributed by atoms with E-state index in [0.717, 1.165) is 19.2 Å². The van der Waals surface area contributed by atoms with Gasteiger partial charge in [0.25, 0.3) is 0 Å². The van der Waals surface area contributed by atoms with Crippen LogP contribution in [0.3, 0.4) is 0 Å². The van der Waals surface area contributed by atoms with Gasteiger partial charge < -0.3 is 5.73 Å². The third-order valence-electron chi connectivity index (χ3n) is 2.80. The Kier molecular flexibility index (Phi) is 5.22. The monoisotopic (exact) mass is 453 g/mol. The Morgan fingerprint density at radius 1 is 1.26 bits per heavy atom. The molecule has 5 heteroatoms. The number of hydrogen-bond acceptors (Lipinski definition) is 1. The fraction of sp³-hybridized carbons (Fsp3) is 0.143. The second kappa shape index (κ2) is 6.52. The molecule has 0 aliphatic carbocycles. The van der Waals surface area contributed by atoms with Gasteiger partial charge in [0.15, 0.2) is 0 Å². The van der Waals surface area contributed by atoms with Crippen LogP contribution in [0, 0.1) is 9.39 Å². The summed E-state index contributed by atoms with van der Waals surface area (Å²) in [5.41, 5.74) is 8.09. The first-order chi connectivity index (χ1) is 8.97. The van der Waals surface area contributed by atoms with E-state index in [1.165, 1.54) is 6.07 Å². The summed E-state index contributed by atoms with van der Waals surface area (Å²) < 4.78 is 15.5. The molecule has 1 atom stereocenters. The van der Waals surface area contributed by atoms with Crippen molar-refractivity contribution in [2.45, 2.75) is 12.5 Å². The summed E-state index contributed by atoms with van der Waals surface area (Å²) in [5, 5.41) is 0.134. The minimum absolute atomic E-state index is 0.134. The second-order valence-electron chi connectivity index (χ2n) is 4.22. The molecule has 0 spiro atoms. The molecule has 0 radical (unpaired) electrons. The summed E-state index contributed by atoms with van der Waals surface area (Å²) in [6, 6.07) is 10.6. The van der Waals surface area contributed by atoms with Crippen molar-refractivity contribution in [3.8, 4) is 0 Å².